The second-order valence-corrected chi connectivity index (χ2v) is 6.57. The Bertz CT molecular complexity index is 766. The number of nitrogens with two attached hydrogens (primary N) is 2. The van der Waals surface area contributed by atoms with Crippen LogP contribution < -0.4 is 16.9 Å². The minimum Gasteiger partial charge on any atom is -0.351 e. The lowest BCUT2D eigenvalue weighted by Gasteiger charge is -2.09. The number of thioether (sulfide) groups is 1. The molecule has 122 valence electrons. The van der Waals surface area contributed by atoms with E-state index in [2.05, 4.69) is 10.2 Å². The molecule has 0 saturated heterocycles. The molecule has 2 aromatic rings. The maximum absolute atomic E-state index is 11.7. The number of urea groups is 1. The maximum Gasteiger partial charge on any atom is 0.318 e. The monoisotopic (exact) mass is 374 g/mol. The number of rotatable bonds is 4. The number of halogens is 2. The number of benzene rings is 1. The van der Waals surface area contributed by atoms with Crippen LogP contribution in [0.15, 0.2) is 23.4 Å². The van der Waals surface area contributed by atoms with E-state index in [1.165, 1.54) is 4.68 Å². The van der Waals surface area contributed by atoms with Gasteiger partial charge in [0, 0.05) is 10.6 Å². The van der Waals surface area contributed by atoms with E-state index in [-0.39, 0.29) is 5.16 Å². The Kier molecular flexibility index (Phi) is 5.34. The van der Waals surface area contributed by atoms with Gasteiger partial charge in [-0.15, -0.1) is 10.2 Å². The molecule has 0 spiro atoms. The standard InChI is InChI=1S/C12H12Cl2N6O2S/c1-5(10(21)17-11(15)22)23-12-19-18-9(20(12)16)7-4-6(13)2-3-8(7)14/h2-5H,16H2,1H3,(H3,15,17,21,22). The number of amides is 3. The van der Waals surface area contributed by atoms with E-state index in [0.717, 1.165) is 11.8 Å². The molecule has 1 aromatic heterocycles. The zero-order valence-corrected chi connectivity index (χ0v) is 14.1. The van der Waals surface area contributed by atoms with Crippen LogP contribution in [0.4, 0.5) is 4.79 Å². The van der Waals surface area contributed by atoms with Crippen LogP contribution >= 0.6 is 35.0 Å². The molecule has 0 aliphatic rings. The Hall–Kier alpha value is -1.97. The zero-order valence-electron chi connectivity index (χ0n) is 11.8. The van der Waals surface area contributed by atoms with Gasteiger partial charge in [0.1, 0.15) is 0 Å². The summed E-state index contributed by atoms with van der Waals surface area (Å²) in [7, 11) is 0. The lowest BCUT2D eigenvalue weighted by molar-refractivity contribution is -0.119. The predicted molar refractivity (Wildman–Crippen MR) is 88.7 cm³/mol. The van der Waals surface area contributed by atoms with Crippen molar-refractivity contribution in [2.24, 2.45) is 5.73 Å². The van der Waals surface area contributed by atoms with Crippen LogP contribution in [-0.4, -0.2) is 32.1 Å². The largest absolute Gasteiger partial charge is 0.351 e. The molecule has 0 aliphatic heterocycles. The molecule has 0 radical (unpaired) electrons. The van der Waals surface area contributed by atoms with Gasteiger partial charge < -0.3 is 11.6 Å². The number of aromatic nitrogens is 3. The Morgan fingerprint density at radius 3 is 2.70 bits per heavy atom. The average molecular weight is 375 g/mol. The van der Waals surface area contributed by atoms with E-state index in [4.69, 9.17) is 34.8 Å². The van der Waals surface area contributed by atoms with Gasteiger partial charge in [0.2, 0.25) is 11.1 Å². The van der Waals surface area contributed by atoms with Crippen LogP contribution in [0.25, 0.3) is 11.4 Å². The van der Waals surface area contributed by atoms with Crippen molar-refractivity contribution in [1.29, 1.82) is 0 Å². The van der Waals surface area contributed by atoms with Gasteiger partial charge in [0.25, 0.3) is 0 Å². The smallest absolute Gasteiger partial charge is 0.318 e. The molecule has 1 heterocycles. The Morgan fingerprint density at radius 1 is 1.35 bits per heavy atom. The summed E-state index contributed by atoms with van der Waals surface area (Å²) in [4.78, 5) is 22.4. The second kappa shape index (κ2) is 7.07. The third kappa shape index (κ3) is 4.06. The van der Waals surface area contributed by atoms with Gasteiger partial charge in [-0.3, -0.25) is 10.1 Å². The van der Waals surface area contributed by atoms with Crippen LogP contribution in [0, 0.1) is 0 Å². The van der Waals surface area contributed by atoms with Crippen molar-refractivity contribution in [1.82, 2.24) is 20.2 Å². The molecule has 11 heteroatoms. The topological polar surface area (TPSA) is 129 Å². The van der Waals surface area contributed by atoms with Gasteiger partial charge in [0.15, 0.2) is 5.82 Å². The number of nitrogen functional groups attached to an aromatic ring is 1. The van der Waals surface area contributed by atoms with Crippen molar-refractivity contribution in [3.63, 3.8) is 0 Å². The van der Waals surface area contributed by atoms with E-state index in [1.807, 2.05) is 5.32 Å². The maximum atomic E-state index is 11.7. The van der Waals surface area contributed by atoms with E-state index in [0.29, 0.717) is 21.4 Å². The summed E-state index contributed by atoms with van der Waals surface area (Å²) in [6.07, 6.45) is 0. The predicted octanol–water partition coefficient (Wildman–Crippen LogP) is 1.64. The Morgan fingerprint density at radius 2 is 2.04 bits per heavy atom. The normalized spacial score (nSPS) is 12.0. The lowest BCUT2D eigenvalue weighted by Crippen LogP contribution is -2.39. The SMILES string of the molecule is CC(Sc1nnc(-c2cc(Cl)ccc2Cl)n1N)C(=O)NC(N)=O. The summed E-state index contributed by atoms with van der Waals surface area (Å²) in [5, 5.41) is 10.3. The van der Waals surface area contributed by atoms with Crippen LogP contribution in [0.1, 0.15) is 6.92 Å². The van der Waals surface area contributed by atoms with Crippen molar-refractivity contribution < 1.29 is 9.59 Å². The van der Waals surface area contributed by atoms with E-state index < -0.39 is 17.2 Å². The fraction of sp³-hybridized carbons (Fsp3) is 0.167. The minimum absolute atomic E-state index is 0.267. The highest BCUT2D eigenvalue weighted by Gasteiger charge is 2.21. The highest BCUT2D eigenvalue weighted by atomic mass is 35.5. The number of hydrogen-bond acceptors (Lipinski definition) is 6. The van der Waals surface area contributed by atoms with Crippen molar-refractivity contribution in [3.8, 4) is 11.4 Å². The summed E-state index contributed by atoms with van der Waals surface area (Å²) < 4.78 is 1.19. The number of primary amides is 1. The second-order valence-electron chi connectivity index (χ2n) is 4.41. The van der Waals surface area contributed by atoms with Crippen molar-refractivity contribution in [2.45, 2.75) is 17.3 Å². The number of imide groups is 1. The number of nitrogens with zero attached hydrogens (tertiary/aromatic N) is 3. The first-order valence-electron chi connectivity index (χ1n) is 6.22. The van der Waals surface area contributed by atoms with Gasteiger partial charge in [-0.1, -0.05) is 35.0 Å². The highest BCUT2D eigenvalue weighted by Crippen LogP contribution is 2.31. The molecule has 1 aromatic carbocycles. The summed E-state index contributed by atoms with van der Waals surface area (Å²) >= 11 is 13.1. The molecule has 0 fully saturated rings. The zero-order chi connectivity index (χ0) is 17.1. The molecular formula is C12H12Cl2N6O2S. The number of hydrogen-bond donors (Lipinski definition) is 3. The van der Waals surface area contributed by atoms with Gasteiger partial charge in [-0.25, -0.2) is 9.47 Å². The number of nitrogens with one attached hydrogen (secondary N) is 1. The van der Waals surface area contributed by atoms with E-state index in [1.54, 1.807) is 25.1 Å². The van der Waals surface area contributed by atoms with Crippen molar-refractivity contribution >= 4 is 46.9 Å². The fourth-order valence-corrected chi connectivity index (χ4v) is 2.79. The molecule has 3 amide bonds. The molecule has 0 aliphatic carbocycles. The first-order chi connectivity index (χ1) is 10.8. The Balaban J connectivity index is 2.24. The lowest BCUT2D eigenvalue weighted by atomic mass is 10.2. The van der Waals surface area contributed by atoms with Gasteiger partial charge >= 0.3 is 6.03 Å². The van der Waals surface area contributed by atoms with Gasteiger partial charge in [0.05, 0.1) is 10.3 Å². The molecule has 0 saturated carbocycles. The molecule has 23 heavy (non-hydrogen) atoms. The molecule has 5 N–H and O–H groups in total. The van der Waals surface area contributed by atoms with E-state index in [9.17, 15) is 9.59 Å². The molecular weight excluding hydrogens is 363 g/mol. The Labute approximate surface area is 145 Å². The summed E-state index contributed by atoms with van der Waals surface area (Å²) in [6, 6.07) is 3.93. The molecule has 8 nitrogen and oxygen atoms in total. The number of carbonyl (C=O) groups excluding carboxylic acids is 2. The first kappa shape index (κ1) is 17.4. The van der Waals surface area contributed by atoms with Crippen LogP contribution in [0.2, 0.25) is 10.0 Å². The summed E-state index contributed by atoms with van der Waals surface area (Å²) in [6.45, 7) is 1.57. The van der Waals surface area contributed by atoms with Crippen LogP contribution in [0.5, 0.6) is 0 Å². The molecule has 1 unspecified atom stereocenters. The first-order valence-corrected chi connectivity index (χ1v) is 7.86. The van der Waals surface area contributed by atoms with E-state index >= 15 is 0 Å². The minimum atomic E-state index is -0.928. The molecule has 2 rings (SSSR count). The molecule has 0 bridgehead atoms. The third-order valence-corrected chi connectivity index (χ3v) is 4.35. The van der Waals surface area contributed by atoms with Gasteiger partial charge in [-0.05, 0) is 25.1 Å². The number of carbonyl (C=O) groups is 2. The molecule has 1 atom stereocenters. The summed E-state index contributed by atoms with van der Waals surface area (Å²) in [5.74, 6) is 5.68. The van der Waals surface area contributed by atoms with Crippen LogP contribution in [0.3, 0.4) is 0 Å². The quantitative estimate of drug-likeness (QED) is 0.550. The van der Waals surface area contributed by atoms with Gasteiger partial charge in [-0.2, -0.15) is 0 Å². The fourth-order valence-electron chi connectivity index (χ4n) is 1.64. The van der Waals surface area contributed by atoms with Crippen molar-refractivity contribution in [2.75, 3.05) is 5.84 Å². The average Bonchev–Trinajstić information content (AvgIpc) is 2.82. The van der Waals surface area contributed by atoms with Crippen molar-refractivity contribution in [3.05, 3.63) is 28.2 Å². The highest BCUT2D eigenvalue weighted by molar-refractivity contribution is 8.00. The van der Waals surface area contributed by atoms with Crippen LogP contribution in [-0.2, 0) is 4.79 Å². The summed E-state index contributed by atoms with van der Waals surface area (Å²) in [5.41, 5.74) is 5.41. The third-order valence-electron chi connectivity index (χ3n) is 2.73.